The number of fused-ring (bicyclic) bond motifs is 1. The molecular formula is C44H60N5O9PS. The van der Waals surface area contributed by atoms with Gasteiger partial charge in [0.2, 0.25) is 19.2 Å². The number of aromatic nitrogens is 2. The Morgan fingerprint density at radius 1 is 1.12 bits per heavy atom. The van der Waals surface area contributed by atoms with Crippen LogP contribution >= 0.6 is 18.7 Å². The highest BCUT2D eigenvalue weighted by Crippen LogP contribution is 2.73. The Hall–Kier alpha value is -4.33. The number of hydrogen-bond acceptors (Lipinski definition) is 12. The summed E-state index contributed by atoms with van der Waals surface area (Å²) in [5, 5.41) is 5.28. The molecule has 2 aliphatic carbocycles. The van der Waals surface area contributed by atoms with E-state index in [9.17, 15) is 28.6 Å². The number of nitrogens with zero attached hydrogens (tertiary/aromatic N) is 4. The van der Waals surface area contributed by atoms with Crippen LogP contribution in [0.15, 0.2) is 42.3 Å². The van der Waals surface area contributed by atoms with Gasteiger partial charge >= 0.3 is 5.97 Å². The number of Topliss-reactive ketones (excluding diaryl/α,β-unsaturated/α-hetero) is 1. The number of rotatable bonds is 17. The molecule has 0 bridgehead atoms. The van der Waals surface area contributed by atoms with Crippen molar-refractivity contribution in [1.29, 1.82) is 0 Å². The molecule has 2 amide bonds. The van der Waals surface area contributed by atoms with E-state index in [1.807, 2.05) is 46.1 Å². The van der Waals surface area contributed by atoms with E-state index in [-0.39, 0.29) is 44.4 Å². The number of benzene rings is 1. The maximum atomic E-state index is 14.9. The van der Waals surface area contributed by atoms with Crippen LogP contribution in [0.4, 0.5) is 5.13 Å². The van der Waals surface area contributed by atoms with Crippen LogP contribution in [0, 0.1) is 17.3 Å². The first-order chi connectivity index (χ1) is 28.2. The monoisotopic (exact) mass is 865 g/mol. The molecule has 3 aliphatic rings. The fraction of sp³-hybridized carbons (Fsp3) is 0.591. The number of carbonyl (C=O) groups excluding carboxylic acids is 4. The second-order valence-electron chi connectivity index (χ2n) is 18.2. The summed E-state index contributed by atoms with van der Waals surface area (Å²) in [6.45, 7) is 13.6. The van der Waals surface area contributed by atoms with Crippen molar-refractivity contribution in [3.63, 3.8) is 0 Å². The molecule has 1 aliphatic heterocycles. The van der Waals surface area contributed by atoms with Crippen molar-refractivity contribution in [1.82, 2.24) is 19.8 Å². The van der Waals surface area contributed by atoms with Crippen molar-refractivity contribution in [3.8, 4) is 22.9 Å². The number of anilines is 1. The molecule has 2 N–H and O–H groups in total. The number of thiazole rings is 1. The summed E-state index contributed by atoms with van der Waals surface area (Å²) >= 11 is 1.46. The van der Waals surface area contributed by atoms with Crippen molar-refractivity contribution in [2.75, 3.05) is 39.2 Å². The van der Waals surface area contributed by atoms with Gasteiger partial charge in [-0.3, -0.25) is 23.7 Å². The van der Waals surface area contributed by atoms with E-state index in [0.717, 1.165) is 30.8 Å². The largest absolute Gasteiger partial charge is 0.497 e. The van der Waals surface area contributed by atoms with Crippen molar-refractivity contribution < 1.29 is 42.8 Å². The van der Waals surface area contributed by atoms with E-state index in [4.69, 9.17) is 24.2 Å². The topological polar surface area (TPSA) is 178 Å². The van der Waals surface area contributed by atoms with E-state index in [2.05, 4.69) is 11.9 Å². The van der Waals surface area contributed by atoms with Crippen molar-refractivity contribution >= 4 is 58.3 Å². The van der Waals surface area contributed by atoms with Gasteiger partial charge in [-0.05, 0) is 69.4 Å². The van der Waals surface area contributed by atoms with Gasteiger partial charge in [-0.2, -0.15) is 0 Å². The van der Waals surface area contributed by atoms with Gasteiger partial charge in [0.15, 0.2) is 10.9 Å². The maximum Gasteiger partial charge on any atom is 0.306 e. The summed E-state index contributed by atoms with van der Waals surface area (Å²) in [4.78, 5) is 79.6. The van der Waals surface area contributed by atoms with E-state index >= 15 is 0 Å². The van der Waals surface area contributed by atoms with Crippen LogP contribution in [-0.4, -0.2) is 112 Å². The number of pyridine rings is 1. The smallest absolute Gasteiger partial charge is 0.306 e. The van der Waals surface area contributed by atoms with Crippen LogP contribution in [0.5, 0.6) is 11.5 Å². The number of likely N-dealkylation sites (tertiary alicyclic amines) is 1. The fourth-order valence-electron chi connectivity index (χ4n) is 8.47. The highest BCUT2D eigenvalue weighted by molar-refractivity contribution is 7.61. The number of carbonyl (C=O) groups is 4. The molecule has 326 valence electrons. The molecule has 2 saturated carbocycles. The fourth-order valence-corrected chi connectivity index (χ4v) is 11.8. The molecule has 3 heterocycles. The average Bonchev–Trinajstić information content (AvgIpc) is 3.57. The van der Waals surface area contributed by atoms with E-state index in [1.54, 1.807) is 31.4 Å². The predicted octanol–water partition coefficient (Wildman–Crippen LogP) is 7.34. The molecule has 1 saturated heterocycles. The van der Waals surface area contributed by atoms with Crippen LogP contribution in [-0.2, 0) is 28.5 Å². The molecule has 3 fully saturated rings. The SMILES string of the molecule is C=C[C@@H]1C[C@]1(CC(=O)[C@@H]1C[C@@H](Oc2cc(-c3csc(NC(C)C)n3)nc3cc(OC)ccc23)CN1C(=O)[C@@H](CC(=O)OC1CCCC1)C(C)(C)C)P(=O)(O)CC(=O)N(C)C. The quantitative estimate of drug-likeness (QED) is 0.0786. The molecule has 2 aromatic heterocycles. The average molecular weight is 866 g/mol. The minimum atomic E-state index is -4.24. The molecule has 60 heavy (non-hydrogen) atoms. The number of ether oxygens (including phenoxy) is 3. The Bertz CT molecular complexity index is 2160. The summed E-state index contributed by atoms with van der Waals surface area (Å²) in [7, 11) is 0.366. The molecule has 0 radical (unpaired) electrons. The molecule has 6 rings (SSSR count). The van der Waals surface area contributed by atoms with Crippen molar-refractivity contribution in [3.05, 3.63) is 42.3 Å². The predicted molar refractivity (Wildman–Crippen MR) is 233 cm³/mol. The summed E-state index contributed by atoms with van der Waals surface area (Å²) in [6.07, 6.45) is 3.46. The minimum Gasteiger partial charge on any atom is -0.497 e. The van der Waals surface area contributed by atoms with Gasteiger partial charge in [0.1, 0.15) is 35.6 Å². The Balaban J connectivity index is 1.35. The van der Waals surface area contributed by atoms with E-state index in [1.165, 1.54) is 35.2 Å². The number of amides is 2. The van der Waals surface area contributed by atoms with Crippen LogP contribution in [0.1, 0.15) is 86.0 Å². The van der Waals surface area contributed by atoms with Gasteiger partial charge in [0, 0.05) is 55.9 Å². The normalized spacial score (nSPS) is 23.2. The second-order valence-corrected chi connectivity index (χ2v) is 21.6. The summed E-state index contributed by atoms with van der Waals surface area (Å²) < 4.78 is 32.2. The molecule has 3 aromatic rings. The first kappa shape index (κ1) is 45.2. The van der Waals surface area contributed by atoms with Gasteiger partial charge in [-0.1, -0.05) is 26.8 Å². The third-order valence-electron chi connectivity index (χ3n) is 12.1. The third kappa shape index (κ3) is 9.89. The first-order valence-electron chi connectivity index (χ1n) is 20.8. The zero-order chi connectivity index (χ0) is 43.7. The lowest BCUT2D eigenvalue weighted by atomic mass is 9.77. The zero-order valence-electron chi connectivity index (χ0n) is 36.1. The molecular weight excluding hydrogens is 806 g/mol. The van der Waals surface area contributed by atoms with E-state index < -0.39 is 71.7 Å². The Morgan fingerprint density at radius 2 is 1.83 bits per heavy atom. The number of ketones is 1. The van der Waals surface area contributed by atoms with Gasteiger partial charge in [-0.25, -0.2) is 9.97 Å². The van der Waals surface area contributed by atoms with Crippen LogP contribution in [0.25, 0.3) is 22.3 Å². The third-order valence-corrected chi connectivity index (χ3v) is 15.6. The number of esters is 1. The van der Waals surface area contributed by atoms with Crippen molar-refractivity contribution in [2.24, 2.45) is 17.3 Å². The van der Waals surface area contributed by atoms with Gasteiger partial charge in [-0.15, -0.1) is 17.9 Å². The molecule has 16 heteroatoms. The molecule has 0 spiro atoms. The lowest BCUT2D eigenvalue weighted by Gasteiger charge is -2.35. The molecule has 14 nitrogen and oxygen atoms in total. The Labute approximate surface area is 356 Å². The number of methoxy groups -OCH3 is 1. The zero-order valence-corrected chi connectivity index (χ0v) is 37.8. The number of hydrogen-bond donors (Lipinski definition) is 2. The molecule has 1 unspecified atom stereocenters. The lowest BCUT2D eigenvalue weighted by Crippen LogP contribution is -2.48. The maximum absolute atomic E-state index is 14.9. The summed E-state index contributed by atoms with van der Waals surface area (Å²) in [6, 6.07) is 6.40. The molecule has 6 atom stereocenters. The highest BCUT2D eigenvalue weighted by atomic mass is 32.1. The minimum absolute atomic E-state index is 0.0156. The standard InChI is InChI=1S/C44H60N5O9PS/c1-10-27-21-44(27,59(54,55)24-39(51)48(7)8)22-37(50)36-18-30(23-49(36)41(53)32(43(4,5)6)19-40(52)58-28-13-11-12-14-28)57-38-20-34(35-25-60-42(47-35)45-26(2)3)46-33-17-29(56-9)15-16-31(33)38/h10,15-17,20,25-28,30,32,36H,1,11-14,18-19,21-24H2,2-9H3,(H,45,47)(H,54,55)/t27-,30-,32-,36+,44-/m1/s1. The van der Waals surface area contributed by atoms with Gasteiger partial charge in [0.05, 0.1) is 48.4 Å². The lowest BCUT2D eigenvalue weighted by molar-refractivity contribution is -0.156. The Kier molecular flexibility index (Phi) is 13.5. The summed E-state index contributed by atoms with van der Waals surface area (Å²) in [5.74, 6) is -2.01. The molecule has 1 aromatic carbocycles. The van der Waals surface area contributed by atoms with Crippen molar-refractivity contribution in [2.45, 2.75) is 115 Å². The van der Waals surface area contributed by atoms with Gasteiger partial charge < -0.3 is 34.2 Å². The van der Waals surface area contributed by atoms with Crippen LogP contribution in [0.2, 0.25) is 0 Å². The summed E-state index contributed by atoms with van der Waals surface area (Å²) in [5.41, 5.74) is 1.10. The van der Waals surface area contributed by atoms with Crippen LogP contribution < -0.4 is 14.8 Å². The van der Waals surface area contributed by atoms with Gasteiger partial charge in [0.25, 0.3) is 0 Å². The highest BCUT2D eigenvalue weighted by Gasteiger charge is 2.65. The number of allylic oxidation sites excluding steroid dienone is 1. The first-order valence-corrected chi connectivity index (χ1v) is 23.5. The Morgan fingerprint density at radius 3 is 2.45 bits per heavy atom. The van der Waals surface area contributed by atoms with E-state index in [0.29, 0.717) is 33.8 Å². The van der Waals surface area contributed by atoms with Crippen LogP contribution in [0.3, 0.4) is 0 Å². The second kappa shape index (κ2) is 17.9. The number of nitrogens with one attached hydrogen (secondary N) is 1.